The van der Waals surface area contributed by atoms with E-state index in [1.165, 1.54) is 24.4 Å². The molecule has 0 unspecified atom stereocenters. The van der Waals surface area contributed by atoms with Gasteiger partial charge in [0.2, 0.25) is 0 Å². The summed E-state index contributed by atoms with van der Waals surface area (Å²) in [5, 5.41) is 14.4. The second kappa shape index (κ2) is 6.93. The van der Waals surface area contributed by atoms with Crippen molar-refractivity contribution >= 4 is 29.2 Å². The van der Waals surface area contributed by atoms with Gasteiger partial charge in [0, 0.05) is 17.7 Å². The highest BCUT2D eigenvalue weighted by atomic mass is 32.1. The van der Waals surface area contributed by atoms with Crippen LogP contribution >= 0.6 is 12.2 Å². The Bertz CT molecular complexity index is 566. The van der Waals surface area contributed by atoms with Crippen molar-refractivity contribution in [2.24, 2.45) is 10.8 Å². The van der Waals surface area contributed by atoms with Crippen LogP contribution in [0.1, 0.15) is 5.56 Å². The van der Waals surface area contributed by atoms with Crippen molar-refractivity contribution < 1.29 is 9.66 Å². The monoisotopic (exact) mass is 278 g/mol. The van der Waals surface area contributed by atoms with Crippen molar-refractivity contribution in [2.45, 2.75) is 0 Å². The fourth-order valence-electron chi connectivity index (χ4n) is 1.17. The maximum Gasteiger partial charge on any atom is 0.270 e. The van der Waals surface area contributed by atoms with Crippen molar-refractivity contribution in [3.8, 4) is 18.1 Å². The van der Waals surface area contributed by atoms with Crippen LogP contribution < -0.4 is 15.9 Å². The van der Waals surface area contributed by atoms with E-state index in [1.807, 2.05) is 0 Å². The third-order valence-corrected chi connectivity index (χ3v) is 1.98. The van der Waals surface area contributed by atoms with Gasteiger partial charge < -0.3 is 10.5 Å². The number of ether oxygens (including phenoxy) is 1. The van der Waals surface area contributed by atoms with E-state index in [1.54, 1.807) is 0 Å². The first-order valence-electron chi connectivity index (χ1n) is 4.98. The van der Waals surface area contributed by atoms with E-state index in [4.69, 9.17) is 16.9 Å². The molecule has 0 saturated heterocycles. The Kier molecular flexibility index (Phi) is 5.25. The Morgan fingerprint density at radius 1 is 1.74 bits per heavy atom. The van der Waals surface area contributed by atoms with Crippen molar-refractivity contribution in [2.75, 3.05) is 6.61 Å². The van der Waals surface area contributed by atoms with Crippen LogP contribution in [0.25, 0.3) is 0 Å². The van der Waals surface area contributed by atoms with Crippen molar-refractivity contribution in [1.82, 2.24) is 5.43 Å². The lowest BCUT2D eigenvalue weighted by Gasteiger charge is -2.05. The summed E-state index contributed by atoms with van der Waals surface area (Å²) in [7, 11) is 0. The highest BCUT2D eigenvalue weighted by Crippen LogP contribution is 2.22. The number of hydrogen-bond acceptors (Lipinski definition) is 5. The number of nitrogens with one attached hydrogen (secondary N) is 1. The number of benzene rings is 1. The number of thiocarbonyl (C=S) groups is 1. The van der Waals surface area contributed by atoms with E-state index in [2.05, 4.69) is 28.7 Å². The number of nitrogens with zero attached hydrogens (tertiary/aromatic N) is 2. The van der Waals surface area contributed by atoms with Crippen LogP contribution in [0.5, 0.6) is 5.75 Å². The Labute approximate surface area is 114 Å². The second-order valence-electron chi connectivity index (χ2n) is 3.21. The van der Waals surface area contributed by atoms with Gasteiger partial charge in [-0.1, -0.05) is 5.92 Å². The number of non-ortho nitro benzene ring substituents is 1. The minimum Gasteiger partial charge on any atom is -0.480 e. The van der Waals surface area contributed by atoms with Gasteiger partial charge in [0.1, 0.15) is 12.4 Å². The molecule has 8 heteroatoms. The highest BCUT2D eigenvalue weighted by Gasteiger charge is 2.10. The zero-order chi connectivity index (χ0) is 14.3. The molecule has 0 saturated carbocycles. The van der Waals surface area contributed by atoms with Gasteiger partial charge in [0.25, 0.3) is 5.69 Å². The van der Waals surface area contributed by atoms with Crippen LogP contribution in [0, 0.1) is 22.5 Å². The SMILES string of the molecule is C#CCOc1ccc([N+](=O)[O-])cc1/C=N\NC(N)=S. The van der Waals surface area contributed by atoms with E-state index < -0.39 is 4.92 Å². The molecule has 0 bridgehead atoms. The summed E-state index contributed by atoms with van der Waals surface area (Å²) in [6.07, 6.45) is 6.39. The predicted molar refractivity (Wildman–Crippen MR) is 74.9 cm³/mol. The fraction of sp³-hybridized carbons (Fsp3) is 0.0909. The van der Waals surface area contributed by atoms with Crippen LogP contribution in [0.15, 0.2) is 23.3 Å². The summed E-state index contributed by atoms with van der Waals surface area (Å²) in [5.74, 6) is 2.67. The molecule has 0 spiro atoms. The Balaban J connectivity index is 3.03. The number of terminal acetylenes is 1. The van der Waals surface area contributed by atoms with Gasteiger partial charge in [-0.2, -0.15) is 5.10 Å². The highest BCUT2D eigenvalue weighted by molar-refractivity contribution is 7.80. The molecule has 0 heterocycles. The van der Waals surface area contributed by atoms with Crippen LogP contribution in [0.3, 0.4) is 0 Å². The average Bonchev–Trinajstić information content (AvgIpc) is 2.36. The summed E-state index contributed by atoms with van der Waals surface area (Å²) in [4.78, 5) is 10.2. The quantitative estimate of drug-likeness (QED) is 0.271. The maximum atomic E-state index is 10.7. The molecule has 98 valence electrons. The lowest BCUT2D eigenvalue weighted by atomic mass is 10.2. The molecule has 19 heavy (non-hydrogen) atoms. The number of nitro benzene ring substituents is 1. The van der Waals surface area contributed by atoms with Gasteiger partial charge in [-0.05, 0) is 18.3 Å². The first kappa shape index (κ1) is 14.4. The molecule has 0 aliphatic carbocycles. The zero-order valence-corrected chi connectivity index (χ0v) is 10.5. The molecule has 1 aromatic rings. The summed E-state index contributed by atoms with van der Waals surface area (Å²) in [5.41, 5.74) is 7.82. The number of rotatable bonds is 5. The van der Waals surface area contributed by atoms with Crippen LogP contribution in [-0.2, 0) is 0 Å². The summed E-state index contributed by atoms with van der Waals surface area (Å²) in [6, 6.07) is 4.05. The summed E-state index contributed by atoms with van der Waals surface area (Å²) >= 11 is 4.57. The van der Waals surface area contributed by atoms with Gasteiger partial charge >= 0.3 is 0 Å². The van der Waals surface area contributed by atoms with Crippen molar-refractivity contribution in [3.05, 3.63) is 33.9 Å². The van der Waals surface area contributed by atoms with Crippen LogP contribution in [0.2, 0.25) is 0 Å². The number of nitrogens with two attached hydrogens (primary N) is 1. The third kappa shape index (κ3) is 4.61. The van der Waals surface area contributed by atoms with Gasteiger partial charge in [-0.3, -0.25) is 15.5 Å². The lowest BCUT2D eigenvalue weighted by Crippen LogP contribution is -2.24. The molecule has 0 aromatic heterocycles. The van der Waals surface area contributed by atoms with E-state index >= 15 is 0 Å². The lowest BCUT2D eigenvalue weighted by molar-refractivity contribution is -0.384. The largest absolute Gasteiger partial charge is 0.480 e. The normalized spacial score (nSPS) is 9.84. The van der Waals surface area contributed by atoms with E-state index in [9.17, 15) is 10.1 Å². The topological polar surface area (TPSA) is 103 Å². The van der Waals surface area contributed by atoms with E-state index in [0.29, 0.717) is 11.3 Å². The maximum absolute atomic E-state index is 10.7. The Morgan fingerprint density at radius 2 is 2.47 bits per heavy atom. The average molecular weight is 278 g/mol. The fourth-order valence-corrected chi connectivity index (χ4v) is 1.22. The standard InChI is InChI=1S/C11H10N4O3S/c1-2-5-18-10-4-3-9(15(16)17)6-8(10)7-13-14-11(12)19/h1,3-4,6-7H,5H2,(H3,12,14,19)/b13-7-. The van der Waals surface area contributed by atoms with Crippen LogP contribution in [0.4, 0.5) is 5.69 Å². The minimum absolute atomic E-state index is 0.0206. The molecule has 1 aromatic carbocycles. The Morgan fingerprint density at radius 3 is 3.05 bits per heavy atom. The Hall–Kier alpha value is -2.66. The summed E-state index contributed by atoms with van der Waals surface area (Å²) < 4.78 is 5.24. The smallest absolute Gasteiger partial charge is 0.270 e. The third-order valence-electron chi connectivity index (χ3n) is 1.89. The molecule has 0 atom stereocenters. The number of nitro groups is 1. The van der Waals surface area contributed by atoms with Crippen LogP contribution in [-0.4, -0.2) is 22.9 Å². The molecule has 1 rings (SSSR count). The van der Waals surface area contributed by atoms with E-state index in [-0.39, 0.29) is 17.4 Å². The molecular weight excluding hydrogens is 268 g/mol. The molecule has 3 N–H and O–H groups in total. The van der Waals surface area contributed by atoms with E-state index in [0.717, 1.165) is 0 Å². The molecule has 0 fully saturated rings. The van der Waals surface area contributed by atoms with Crippen molar-refractivity contribution in [3.63, 3.8) is 0 Å². The first-order chi connectivity index (χ1) is 9.04. The van der Waals surface area contributed by atoms with Gasteiger partial charge in [-0.25, -0.2) is 0 Å². The summed E-state index contributed by atoms with van der Waals surface area (Å²) in [6.45, 7) is 0.0430. The second-order valence-corrected chi connectivity index (χ2v) is 3.65. The zero-order valence-electron chi connectivity index (χ0n) is 9.70. The minimum atomic E-state index is -0.525. The predicted octanol–water partition coefficient (Wildman–Crippen LogP) is 0.774. The molecular formula is C11H10N4O3S. The van der Waals surface area contributed by atoms with Crippen molar-refractivity contribution in [1.29, 1.82) is 0 Å². The molecule has 0 amide bonds. The van der Waals surface area contributed by atoms with Gasteiger partial charge in [-0.15, -0.1) is 6.42 Å². The van der Waals surface area contributed by atoms with Gasteiger partial charge in [0.05, 0.1) is 11.1 Å². The molecule has 0 aliphatic rings. The molecule has 0 aliphatic heterocycles. The number of hydrogen-bond donors (Lipinski definition) is 2. The molecule has 0 radical (unpaired) electrons. The first-order valence-corrected chi connectivity index (χ1v) is 5.38. The number of hydrazone groups is 1. The molecule has 7 nitrogen and oxygen atoms in total. The van der Waals surface area contributed by atoms with Gasteiger partial charge in [0.15, 0.2) is 5.11 Å².